The Morgan fingerprint density at radius 3 is 2.57 bits per heavy atom. The molecule has 1 atom stereocenters. The van der Waals surface area contributed by atoms with Crippen LogP contribution in [-0.4, -0.2) is 57.3 Å². The van der Waals surface area contributed by atoms with Gasteiger partial charge >= 0.3 is 0 Å². The summed E-state index contributed by atoms with van der Waals surface area (Å²) < 4.78 is 25.2. The smallest absolute Gasteiger partial charge is 0.209 e. The zero-order valence-electron chi connectivity index (χ0n) is 13.1. The molecule has 1 aliphatic rings. The second-order valence-corrected chi connectivity index (χ2v) is 8.64. The average Bonchev–Trinajstić information content (AvgIpc) is 2.33. The minimum atomic E-state index is -3.22. The third-order valence-electron chi connectivity index (χ3n) is 2.88. The van der Waals surface area contributed by atoms with E-state index in [0.717, 1.165) is 18.1 Å². The van der Waals surface area contributed by atoms with Crippen LogP contribution in [0.15, 0.2) is 4.99 Å². The summed E-state index contributed by atoms with van der Waals surface area (Å²) in [6, 6.07) is 0.436. The van der Waals surface area contributed by atoms with E-state index in [-0.39, 0.29) is 24.0 Å². The van der Waals surface area contributed by atoms with Crippen LogP contribution in [0.4, 0.5) is 0 Å². The van der Waals surface area contributed by atoms with Crippen molar-refractivity contribution >= 4 is 51.7 Å². The van der Waals surface area contributed by atoms with Crippen molar-refractivity contribution in [2.45, 2.75) is 38.3 Å². The van der Waals surface area contributed by atoms with Gasteiger partial charge in [0.05, 0.1) is 6.26 Å². The van der Waals surface area contributed by atoms with Crippen LogP contribution in [0, 0.1) is 0 Å². The Labute approximate surface area is 149 Å². The lowest BCUT2D eigenvalue weighted by Gasteiger charge is -2.28. The molecule has 0 radical (unpaired) electrons. The number of guanidine groups is 1. The summed E-state index contributed by atoms with van der Waals surface area (Å²) in [5, 5.41) is 6.56. The van der Waals surface area contributed by atoms with Gasteiger partial charge in [-0.25, -0.2) is 13.1 Å². The van der Waals surface area contributed by atoms with Crippen LogP contribution in [0.5, 0.6) is 0 Å². The topological polar surface area (TPSA) is 82.6 Å². The molecule has 0 aliphatic carbocycles. The first-order chi connectivity index (χ1) is 9.22. The molecule has 1 rings (SSSR count). The van der Waals surface area contributed by atoms with Gasteiger partial charge in [-0.15, -0.1) is 24.0 Å². The molecule has 126 valence electrons. The van der Waals surface area contributed by atoms with Crippen molar-refractivity contribution in [2.75, 3.05) is 31.4 Å². The van der Waals surface area contributed by atoms with Gasteiger partial charge in [0.25, 0.3) is 0 Å². The van der Waals surface area contributed by atoms with Crippen molar-refractivity contribution < 1.29 is 8.42 Å². The van der Waals surface area contributed by atoms with E-state index in [1.54, 1.807) is 7.05 Å². The standard InChI is InChI=1S/C12H26N4O2S2.HI/c1-12(2,16-20(4,17)18)9-14-11(13-3)15-10-6-5-7-19-8-10;/h10,16H,5-9H2,1-4H3,(H2,13,14,15);1H. The Kier molecular flexibility index (Phi) is 9.53. The molecule has 0 bridgehead atoms. The summed E-state index contributed by atoms with van der Waals surface area (Å²) in [5.41, 5.74) is -0.563. The van der Waals surface area contributed by atoms with Gasteiger partial charge in [0.1, 0.15) is 0 Å². The van der Waals surface area contributed by atoms with Crippen LogP contribution in [-0.2, 0) is 10.0 Å². The Hall–Kier alpha value is 0.260. The van der Waals surface area contributed by atoms with Gasteiger partial charge < -0.3 is 10.6 Å². The van der Waals surface area contributed by atoms with E-state index >= 15 is 0 Å². The van der Waals surface area contributed by atoms with Gasteiger partial charge in [-0.1, -0.05) is 0 Å². The van der Waals surface area contributed by atoms with Crippen molar-refractivity contribution in [3.05, 3.63) is 0 Å². The lowest BCUT2D eigenvalue weighted by Crippen LogP contribution is -2.54. The van der Waals surface area contributed by atoms with Crippen LogP contribution in [0.2, 0.25) is 0 Å². The fraction of sp³-hybridized carbons (Fsp3) is 0.917. The largest absolute Gasteiger partial charge is 0.355 e. The van der Waals surface area contributed by atoms with Crippen LogP contribution in [0.1, 0.15) is 26.7 Å². The maximum absolute atomic E-state index is 11.3. The van der Waals surface area contributed by atoms with E-state index in [1.165, 1.54) is 18.4 Å². The fourth-order valence-corrected chi connectivity index (χ4v) is 4.23. The van der Waals surface area contributed by atoms with Crippen molar-refractivity contribution in [3.63, 3.8) is 0 Å². The predicted octanol–water partition coefficient (Wildman–Crippen LogP) is 0.993. The first-order valence-corrected chi connectivity index (χ1v) is 9.80. The predicted molar refractivity (Wildman–Crippen MR) is 102 cm³/mol. The molecular formula is C12H27IN4O2S2. The van der Waals surface area contributed by atoms with Crippen LogP contribution >= 0.6 is 35.7 Å². The molecule has 0 aromatic rings. The monoisotopic (exact) mass is 450 g/mol. The van der Waals surface area contributed by atoms with Crippen molar-refractivity contribution in [1.29, 1.82) is 0 Å². The average molecular weight is 450 g/mol. The van der Waals surface area contributed by atoms with Gasteiger partial charge in [0.15, 0.2) is 5.96 Å². The number of nitrogens with one attached hydrogen (secondary N) is 3. The fourth-order valence-electron chi connectivity index (χ4n) is 2.09. The molecule has 21 heavy (non-hydrogen) atoms. The van der Waals surface area contributed by atoms with E-state index in [1.807, 2.05) is 25.6 Å². The second kappa shape index (κ2) is 9.41. The zero-order chi connectivity index (χ0) is 15.2. The summed E-state index contributed by atoms with van der Waals surface area (Å²) in [7, 11) is -1.49. The van der Waals surface area contributed by atoms with Gasteiger partial charge in [-0.3, -0.25) is 4.99 Å². The van der Waals surface area contributed by atoms with Crippen LogP contribution in [0.3, 0.4) is 0 Å². The molecule has 1 unspecified atom stereocenters. The maximum Gasteiger partial charge on any atom is 0.209 e. The lowest BCUT2D eigenvalue weighted by atomic mass is 10.1. The van der Waals surface area contributed by atoms with Gasteiger partial charge in [0, 0.05) is 30.9 Å². The number of rotatable bonds is 5. The minimum Gasteiger partial charge on any atom is -0.355 e. The normalized spacial score (nSPS) is 20.6. The molecule has 0 aromatic carbocycles. The van der Waals surface area contributed by atoms with E-state index in [0.29, 0.717) is 12.6 Å². The van der Waals surface area contributed by atoms with E-state index in [9.17, 15) is 8.42 Å². The van der Waals surface area contributed by atoms with Crippen molar-refractivity contribution in [3.8, 4) is 0 Å². The molecular weight excluding hydrogens is 423 g/mol. The number of thioether (sulfide) groups is 1. The summed E-state index contributed by atoms with van der Waals surface area (Å²) >= 11 is 1.95. The first kappa shape index (κ1) is 21.3. The SMILES string of the molecule is CN=C(NCC(C)(C)NS(C)(=O)=O)NC1CCCSC1.I. The lowest BCUT2D eigenvalue weighted by molar-refractivity contribution is 0.444. The quantitative estimate of drug-likeness (QED) is 0.331. The van der Waals surface area contributed by atoms with Gasteiger partial charge in [-0.2, -0.15) is 11.8 Å². The van der Waals surface area contributed by atoms with Gasteiger partial charge in [0.2, 0.25) is 10.0 Å². The molecule has 1 saturated heterocycles. The highest BCUT2D eigenvalue weighted by molar-refractivity contribution is 14.0. The summed E-state index contributed by atoms with van der Waals surface area (Å²) in [6.07, 6.45) is 3.54. The Morgan fingerprint density at radius 1 is 1.43 bits per heavy atom. The molecule has 0 aromatic heterocycles. The second-order valence-electron chi connectivity index (χ2n) is 5.74. The Bertz CT molecular complexity index is 435. The third-order valence-corrected chi connectivity index (χ3v) is 5.02. The number of aliphatic imine (C=N–C) groups is 1. The van der Waals surface area contributed by atoms with E-state index < -0.39 is 15.6 Å². The van der Waals surface area contributed by atoms with E-state index in [4.69, 9.17) is 0 Å². The maximum atomic E-state index is 11.3. The Morgan fingerprint density at radius 2 is 2.10 bits per heavy atom. The summed E-state index contributed by atoms with van der Waals surface area (Å²) in [5.74, 6) is 3.04. The van der Waals surface area contributed by atoms with Crippen molar-refractivity contribution in [2.24, 2.45) is 4.99 Å². The summed E-state index contributed by atoms with van der Waals surface area (Å²) in [6.45, 7) is 4.15. The summed E-state index contributed by atoms with van der Waals surface area (Å²) in [4.78, 5) is 4.19. The van der Waals surface area contributed by atoms with Gasteiger partial charge in [-0.05, 0) is 32.4 Å². The van der Waals surface area contributed by atoms with E-state index in [2.05, 4.69) is 20.3 Å². The highest BCUT2D eigenvalue weighted by Crippen LogP contribution is 2.16. The molecule has 0 amide bonds. The highest BCUT2D eigenvalue weighted by Gasteiger charge is 2.23. The number of hydrogen-bond acceptors (Lipinski definition) is 4. The van der Waals surface area contributed by atoms with Crippen LogP contribution < -0.4 is 15.4 Å². The molecule has 1 fully saturated rings. The number of hydrogen-bond donors (Lipinski definition) is 3. The third kappa shape index (κ3) is 9.80. The number of nitrogens with zero attached hydrogens (tertiary/aromatic N) is 1. The molecule has 0 spiro atoms. The van der Waals surface area contributed by atoms with Crippen LogP contribution in [0.25, 0.3) is 0 Å². The first-order valence-electron chi connectivity index (χ1n) is 6.76. The molecule has 3 N–H and O–H groups in total. The highest BCUT2D eigenvalue weighted by atomic mass is 127. The van der Waals surface area contributed by atoms with Crippen molar-refractivity contribution in [1.82, 2.24) is 15.4 Å². The molecule has 6 nitrogen and oxygen atoms in total. The minimum absolute atomic E-state index is 0. The molecule has 0 saturated carbocycles. The number of halogens is 1. The molecule has 1 aliphatic heterocycles. The molecule has 9 heteroatoms. The zero-order valence-corrected chi connectivity index (χ0v) is 17.1. The number of sulfonamides is 1. The molecule has 1 heterocycles. The Balaban J connectivity index is 0.00000400.